The minimum atomic E-state index is 0.0299. The van der Waals surface area contributed by atoms with Crippen molar-refractivity contribution in [1.29, 1.82) is 0 Å². The molecule has 142 valence electrons. The zero-order valence-electron chi connectivity index (χ0n) is 16.0. The van der Waals surface area contributed by atoms with Crippen LogP contribution in [0.15, 0.2) is 30.3 Å². The summed E-state index contributed by atoms with van der Waals surface area (Å²) in [5.41, 5.74) is 1.13. The molecule has 2 heterocycles. The molecule has 1 spiro atoms. The average Bonchev–Trinajstić information content (AvgIpc) is 3.35. The second-order valence-electron chi connectivity index (χ2n) is 8.42. The van der Waals surface area contributed by atoms with Crippen molar-refractivity contribution in [2.45, 2.75) is 69.1 Å². The van der Waals surface area contributed by atoms with E-state index in [9.17, 15) is 4.79 Å². The first-order valence-corrected chi connectivity index (χ1v) is 10.3. The van der Waals surface area contributed by atoms with E-state index in [-0.39, 0.29) is 17.6 Å². The molecule has 4 heteroatoms. The lowest BCUT2D eigenvalue weighted by molar-refractivity contribution is -0.137. The first kappa shape index (κ1) is 18.0. The lowest BCUT2D eigenvalue weighted by Gasteiger charge is -2.48. The van der Waals surface area contributed by atoms with Crippen molar-refractivity contribution in [3.05, 3.63) is 35.9 Å². The Kier molecular flexibility index (Phi) is 5.32. The summed E-state index contributed by atoms with van der Waals surface area (Å²) >= 11 is 0. The molecule has 0 N–H and O–H groups in total. The van der Waals surface area contributed by atoms with Crippen LogP contribution in [0.25, 0.3) is 0 Å². The Hall–Kier alpha value is -1.39. The Labute approximate surface area is 157 Å². The van der Waals surface area contributed by atoms with Crippen LogP contribution in [0.2, 0.25) is 0 Å². The molecular weight excluding hydrogens is 324 g/mol. The molecule has 2 saturated heterocycles. The van der Waals surface area contributed by atoms with Gasteiger partial charge in [0.1, 0.15) is 0 Å². The number of hydrogen-bond acceptors (Lipinski definition) is 3. The summed E-state index contributed by atoms with van der Waals surface area (Å²) in [7, 11) is 2.02. The van der Waals surface area contributed by atoms with Crippen molar-refractivity contribution < 1.29 is 9.53 Å². The molecule has 3 aliphatic rings. The SMILES string of the molecule is CN(C(=O)Cc1ccccc1)[C@H]1C[C@]2(CCCO2)CC[C@@H]1N1CCCC1. The molecule has 1 aromatic rings. The Balaban J connectivity index is 1.50. The number of carbonyl (C=O) groups is 1. The fraction of sp³-hybridized carbons (Fsp3) is 0.682. The summed E-state index contributed by atoms with van der Waals surface area (Å²) in [6.45, 7) is 3.27. The summed E-state index contributed by atoms with van der Waals surface area (Å²) in [6.07, 6.45) is 8.75. The quantitative estimate of drug-likeness (QED) is 0.830. The highest BCUT2D eigenvalue weighted by Gasteiger charge is 2.47. The predicted octanol–water partition coefficient (Wildman–Crippen LogP) is 3.25. The highest BCUT2D eigenvalue weighted by molar-refractivity contribution is 5.79. The fourth-order valence-corrected chi connectivity index (χ4v) is 5.31. The van der Waals surface area contributed by atoms with Crippen molar-refractivity contribution in [1.82, 2.24) is 9.80 Å². The maximum Gasteiger partial charge on any atom is 0.227 e. The zero-order chi connectivity index (χ0) is 18.0. The third-order valence-electron chi connectivity index (χ3n) is 6.80. The number of hydrogen-bond donors (Lipinski definition) is 0. The molecule has 0 bridgehead atoms. The number of nitrogens with zero attached hydrogens (tertiary/aromatic N) is 2. The van der Waals surface area contributed by atoms with Gasteiger partial charge in [-0.2, -0.15) is 0 Å². The van der Waals surface area contributed by atoms with E-state index in [1.165, 1.54) is 32.4 Å². The van der Waals surface area contributed by atoms with Gasteiger partial charge in [0, 0.05) is 25.7 Å². The molecule has 4 rings (SSSR count). The number of likely N-dealkylation sites (N-methyl/N-ethyl adjacent to an activating group) is 1. The van der Waals surface area contributed by atoms with Crippen LogP contribution in [-0.4, -0.2) is 60.1 Å². The average molecular weight is 357 g/mol. The van der Waals surface area contributed by atoms with Gasteiger partial charge < -0.3 is 9.64 Å². The second kappa shape index (κ2) is 7.69. The van der Waals surface area contributed by atoms with Crippen molar-refractivity contribution in [3.8, 4) is 0 Å². The van der Waals surface area contributed by atoms with E-state index in [4.69, 9.17) is 4.74 Å². The highest BCUT2D eigenvalue weighted by Crippen LogP contribution is 2.42. The molecule has 3 fully saturated rings. The van der Waals surface area contributed by atoms with E-state index in [0.717, 1.165) is 37.9 Å². The van der Waals surface area contributed by atoms with Gasteiger partial charge in [0.25, 0.3) is 0 Å². The van der Waals surface area contributed by atoms with E-state index in [2.05, 4.69) is 9.80 Å². The largest absolute Gasteiger partial charge is 0.375 e. The summed E-state index contributed by atoms with van der Waals surface area (Å²) in [5, 5.41) is 0. The second-order valence-corrected chi connectivity index (χ2v) is 8.42. The Morgan fingerprint density at radius 2 is 1.96 bits per heavy atom. The molecule has 1 aromatic carbocycles. The molecule has 2 aliphatic heterocycles. The lowest BCUT2D eigenvalue weighted by atomic mass is 9.76. The number of ether oxygens (including phenoxy) is 1. The number of likely N-dealkylation sites (tertiary alicyclic amines) is 1. The van der Waals surface area contributed by atoms with Crippen LogP contribution in [-0.2, 0) is 16.0 Å². The van der Waals surface area contributed by atoms with Gasteiger partial charge in [0.05, 0.1) is 12.0 Å². The molecule has 1 amide bonds. The van der Waals surface area contributed by atoms with Crippen LogP contribution in [0.4, 0.5) is 0 Å². The first-order valence-electron chi connectivity index (χ1n) is 10.3. The smallest absolute Gasteiger partial charge is 0.227 e. The van der Waals surface area contributed by atoms with Crippen molar-refractivity contribution >= 4 is 5.91 Å². The summed E-state index contributed by atoms with van der Waals surface area (Å²) in [4.78, 5) is 17.7. The zero-order valence-corrected chi connectivity index (χ0v) is 16.0. The maximum absolute atomic E-state index is 13.0. The van der Waals surface area contributed by atoms with Gasteiger partial charge in [-0.25, -0.2) is 0 Å². The van der Waals surface area contributed by atoms with Crippen LogP contribution < -0.4 is 0 Å². The summed E-state index contributed by atoms with van der Waals surface area (Å²) in [5.74, 6) is 0.237. The van der Waals surface area contributed by atoms with Gasteiger partial charge in [-0.3, -0.25) is 9.69 Å². The van der Waals surface area contributed by atoms with Crippen molar-refractivity contribution in [2.75, 3.05) is 26.7 Å². The van der Waals surface area contributed by atoms with E-state index in [1.54, 1.807) is 0 Å². The summed E-state index contributed by atoms with van der Waals surface area (Å²) < 4.78 is 6.21. The van der Waals surface area contributed by atoms with Gasteiger partial charge in [-0.15, -0.1) is 0 Å². The molecule has 3 atom stereocenters. The topological polar surface area (TPSA) is 32.8 Å². The van der Waals surface area contributed by atoms with E-state index >= 15 is 0 Å². The number of amides is 1. The number of benzene rings is 1. The van der Waals surface area contributed by atoms with Crippen LogP contribution in [0, 0.1) is 0 Å². The van der Waals surface area contributed by atoms with E-state index < -0.39 is 0 Å². The third-order valence-corrected chi connectivity index (χ3v) is 6.80. The van der Waals surface area contributed by atoms with Crippen molar-refractivity contribution in [2.24, 2.45) is 0 Å². The maximum atomic E-state index is 13.0. The molecular formula is C22H32N2O2. The number of rotatable bonds is 4. The van der Waals surface area contributed by atoms with Crippen LogP contribution >= 0.6 is 0 Å². The monoisotopic (exact) mass is 356 g/mol. The van der Waals surface area contributed by atoms with Crippen LogP contribution in [0.1, 0.15) is 50.5 Å². The molecule has 1 saturated carbocycles. The van der Waals surface area contributed by atoms with Crippen LogP contribution in [0.3, 0.4) is 0 Å². The van der Waals surface area contributed by atoms with Gasteiger partial charge in [-0.05, 0) is 63.6 Å². The first-order chi connectivity index (χ1) is 12.7. The van der Waals surface area contributed by atoms with Gasteiger partial charge in [0.15, 0.2) is 0 Å². The minimum Gasteiger partial charge on any atom is -0.375 e. The summed E-state index contributed by atoms with van der Waals surface area (Å²) in [6, 6.07) is 10.9. The molecule has 0 radical (unpaired) electrons. The standard InChI is InChI=1S/C22H32N2O2/c1-23(21(25)16-18-8-3-2-4-9-18)20-17-22(11-7-15-26-22)12-10-19(20)24-13-5-6-14-24/h2-4,8-9,19-20H,5-7,10-17H2,1H3/t19-,20-,22-/m0/s1. The lowest BCUT2D eigenvalue weighted by Crippen LogP contribution is -2.58. The molecule has 0 aromatic heterocycles. The van der Waals surface area contributed by atoms with E-state index in [0.29, 0.717) is 12.5 Å². The van der Waals surface area contributed by atoms with Gasteiger partial charge in [-0.1, -0.05) is 30.3 Å². The minimum absolute atomic E-state index is 0.0299. The predicted molar refractivity (Wildman–Crippen MR) is 103 cm³/mol. The van der Waals surface area contributed by atoms with Crippen molar-refractivity contribution in [3.63, 3.8) is 0 Å². The Morgan fingerprint density at radius 1 is 1.19 bits per heavy atom. The van der Waals surface area contributed by atoms with Crippen LogP contribution in [0.5, 0.6) is 0 Å². The normalized spacial score (nSPS) is 32.2. The Morgan fingerprint density at radius 3 is 2.65 bits per heavy atom. The van der Waals surface area contributed by atoms with E-state index in [1.807, 2.05) is 37.4 Å². The molecule has 1 aliphatic carbocycles. The third kappa shape index (κ3) is 3.67. The molecule has 26 heavy (non-hydrogen) atoms. The van der Waals surface area contributed by atoms with Gasteiger partial charge in [0.2, 0.25) is 5.91 Å². The Bertz CT molecular complexity index is 606. The number of carbonyl (C=O) groups excluding carboxylic acids is 1. The molecule has 0 unspecified atom stereocenters. The molecule has 4 nitrogen and oxygen atoms in total. The van der Waals surface area contributed by atoms with Gasteiger partial charge >= 0.3 is 0 Å². The highest BCUT2D eigenvalue weighted by atomic mass is 16.5. The fourth-order valence-electron chi connectivity index (χ4n) is 5.31.